The van der Waals surface area contributed by atoms with E-state index < -0.39 is 10.0 Å². The van der Waals surface area contributed by atoms with E-state index in [0.717, 1.165) is 36.8 Å². The molecule has 0 saturated carbocycles. The van der Waals surface area contributed by atoms with Crippen molar-refractivity contribution >= 4 is 38.9 Å². The number of aliphatic hydroxyl groups excluding tert-OH is 1. The first kappa shape index (κ1) is 21.7. The van der Waals surface area contributed by atoms with Gasteiger partial charge < -0.3 is 9.84 Å². The molecule has 0 bridgehead atoms. The smallest absolute Gasteiger partial charge is 0.231 e. The van der Waals surface area contributed by atoms with E-state index in [1.807, 2.05) is 6.07 Å². The molecule has 2 aromatic rings. The van der Waals surface area contributed by atoms with Crippen molar-refractivity contribution in [1.29, 1.82) is 0 Å². The Kier molecular flexibility index (Phi) is 5.94. The summed E-state index contributed by atoms with van der Waals surface area (Å²) < 4.78 is 31.1. The highest BCUT2D eigenvalue weighted by atomic mass is 35.5. The Balaban J connectivity index is 1.63. The summed E-state index contributed by atoms with van der Waals surface area (Å²) in [6.07, 6.45) is 1.99. The van der Waals surface area contributed by atoms with E-state index in [1.54, 1.807) is 30.3 Å². The van der Waals surface area contributed by atoms with Gasteiger partial charge in [0.1, 0.15) is 11.9 Å². The molecule has 0 radical (unpaired) electrons. The van der Waals surface area contributed by atoms with Crippen LogP contribution in [0.3, 0.4) is 0 Å². The highest BCUT2D eigenvalue weighted by Gasteiger charge is 2.41. The largest absolute Gasteiger partial charge is 0.484 e. The number of hydrogen-bond acceptors (Lipinski definition) is 5. The summed E-state index contributed by atoms with van der Waals surface area (Å²) in [7, 11) is -1.82. The Morgan fingerprint density at radius 3 is 2.50 bits per heavy atom. The van der Waals surface area contributed by atoms with E-state index >= 15 is 0 Å². The molecule has 1 aliphatic heterocycles. The number of rotatable bonds is 5. The molecule has 0 spiro atoms. The zero-order valence-electron chi connectivity index (χ0n) is 16.8. The molecule has 30 heavy (non-hydrogen) atoms. The second kappa shape index (κ2) is 8.20. The standard InChI is InChI=1S/C21H24Cl2N2O4S/c1-24(30(2,27)28)14-3-5-16(6-4-14)29-21-18-9-13(22)10-19(23)17(18)11-20(21)25-8-7-15(26)12-25/h3-6,9-10,15,20-21,26H,7-8,11-12H2,1-2H3/t15?,20-,21-/m0/s1. The van der Waals surface area contributed by atoms with Crippen LogP contribution in [0.4, 0.5) is 5.69 Å². The molecule has 0 aromatic heterocycles. The third-order valence-electron chi connectivity index (χ3n) is 5.89. The molecule has 1 fully saturated rings. The normalized spacial score (nSPS) is 24.1. The SMILES string of the molecule is CN(c1ccc(O[C@H]2c3cc(Cl)cc(Cl)c3C[C@@H]2N2CCC(O)C2)cc1)S(C)(=O)=O. The van der Waals surface area contributed by atoms with E-state index in [9.17, 15) is 13.5 Å². The highest BCUT2D eigenvalue weighted by molar-refractivity contribution is 7.92. The number of nitrogens with zero attached hydrogens (tertiary/aromatic N) is 2. The molecule has 9 heteroatoms. The number of ether oxygens (including phenoxy) is 1. The lowest BCUT2D eigenvalue weighted by Crippen LogP contribution is -2.39. The van der Waals surface area contributed by atoms with Gasteiger partial charge in [0.2, 0.25) is 10.0 Å². The fourth-order valence-electron chi connectivity index (χ4n) is 4.22. The summed E-state index contributed by atoms with van der Waals surface area (Å²) in [5, 5.41) is 11.2. The topological polar surface area (TPSA) is 70.1 Å². The first-order valence-electron chi connectivity index (χ1n) is 9.74. The molecule has 6 nitrogen and oxygen atoms in total. The van der Waals surface area contributed by atoms with Crippen LogP contribution >= 0.6 is 23.2 Å². The van der Waals surface area contributed by atoms with Crippen molar-refractivity contribution in [2.75, 3.05) is 30.7 Å². The third-order valence-corrected chi connectivity index (χ3v) is 7.65. The van der Waals surface area contributed by atoms with Gasteiger partial charge in [-0.05, 0) is 54.8 Å². The van der Waals surface area contributed by atoms with Gasteiger partial charge in [0.05, 0.1) is 24.1 Å². The Bertz CT molecular complexity index is 1050. The third kappa shape index (κ3) is 4.27. The summed E-state index contributed by atoms with van der Waals surface area (Å²) in [6.45, 7) is 1.39. The number of anilines is 1. The van der Waals surface area contributed by atoms with Crippen molar-refractivity contribution < 1.29 is 18.3 Å². The quantitative estimate of drug-likeness (QED) is 0.723. The monoisotopic (exact) mass is 470 g/mol. The van der Waals surface area contributed by atoms with Crippen LogP contribution in [0.15, 0.2) is 36.4 Å². The van der Waals surface area contributed by atoms with Gasteiger partial charge in [-0.3, -0.25) is 9.21 Å². The van der Waals surface area contributed by atoms with Crippen molar-refractivity contribution in [3.8, 4) is 5.75 Å². The zero-order chi connectivity index (χ0) is 21.6. The Labute approximate surface area is 187 Å². The number of halogens is 2. The lowest BCUT2D eigenvalue weighted by Gasteiger charge is -2.30. The van der Waals surface area contributed by atoms with Gasteiger partial charge in [-0.15, -0.1) is 0 Å². The minimum Gasteiger partial charge on any atom is -0.484 e. The Morgan fingerprint density at radius 1 is 1.20 bits per heavy atom. The van der Waals surface area contributed by atoms with Crippen LogP contribution in [0, 0.1) is 0 Å². The molecule has 0 amide bonds. The molecule has 2 aromatic carbocycles. The number of likely N-dealkylation sites (tertiary alicyclic amines) is 1. The summed E-state index contributed by atoms with van der Waals surface area (Å²) in [5.74, 6) is 0.624. The lowest BCUT2D eigenvalue weighted by molar-refractivity contribution is 0.0818. The molecule has 1 unspecified atom stereocenters. The predicted molar refractivity (Wildman–Crippen MR) is 119 cm³/mol. The van der Waals surface area contributed by atoms with Crippen LogP contribution < -0.4 is 9.04 Å². The first-order valence-corrected chi connectivity index (χ1v) is 12.3. The fraction of sp³-hybridized carbons (Fsp3) is 0.429. The van der Waals surface area contributed by atoms with Gasteiger partial charge in [-0.25, -0.2) is 8.42 Å². The molecule has 2 aliphatic rings. The number of benzene rings is 2. The average Bonchev–Trinajstić information content (AvgIpc) is 3.25. The minimum atomic E-state index is -3.33. The Morgan fingerprint density at radius 2 is 1.90 bits per heavy atom. The number of β-amino-alcohol motifs (C(OH)–C–C–N with tert-alkyl or cyclic N) is 1. The van der Waals surface area contributed by atoms with Crippen LogP contribution in [0.5, 0.6) is 5.75 Å². The van der Waals surface area contributed by atoms with Gasteiger partial charge in [0.15, 0.2) is 0 Å². The fourth-order valence-corrected chi connectivity index (χ4v) is 5.31. The molecule has 1 heterocycles. The zero-order valence-corrected chi connectivity index (χ0v) is 19.1. The molecule has 1 N–H and O–H groups in total. The maximum absolute atomic E-state index is 11.8. The number of fused-ring (bicyclic) bond motifs is 1. The number of hydrogen-bond donors (Lipinski definition) is 1. The molecule has 3 atom stereocenters. The summed E-state index contributed by atoms with van der Waals surface area (Å²) in [6, 6.07) is 10.6. The van der Waals surface area contributed by atoms with Crippen LogP contribution in [0.1, 0.15) is 23.7 Å². The molecular formula is C21H24Cl2N2O4S. The molecule has 1 saturated heterocycles. The van der Waals surface area contributed by atoms with Crippen molar-refractivity contribution in [3.63, 3.8) is 0 Å². The van der Waals surface area contributed by atoms with E-state index in [-0.39, 0.29) is 18.2 Å². The van der Waals surface area contributed by atoms with Crippen LogP contribution in [0.25, 0.3) is 0 Å². The van der Waals surface area contributed by atoms with E-state index in [0.29, 0.717) is 28.0 Å². The van der Waals surface area contributed by atoms with Crippen molar-refractivity contribution in [2.45, 2.75) is 31.1 Å². The minimum absolute atomic E-state index is 0.0338. The molecule has 162 valence electrons. The van der Waals surface area contributed by atoms with Gasteiger partial charge >= 0.3 is 0 Å². The summed E-state index contributed by atoms with van der Waals surface area (Å²) in [5.41, 5.74) is 2.53. The van der Waals surface area contributed by atoms with E-state index in [2.05, 4.69) is 4.90 Å². The van der Waals surface area contributed by atoms with E-state index in [1.165, 1.54) is 11.4 Å². The van der Waals surface area contributed by atoms with Gasteiger partial charge in [0, 0.05) is 35.7 Å². The molecule has 1 aliphatic carbocycles. The van der Waals surface area contributed by atoms with Crippen LogP contribution in [0.2, 0.25) is 10.0 Å². The van der Waals surface area contributed by atoms with E-state index in [4.69, 9.17) is 27.9 Å². The summed E-state index contributed by atoms with van der Waals surface area (Å²) in [4.78, 5) is 2.24. The van der Waals surface area contributed by atoms with Crippen LogP contribution in [-0.4, -0.2) is 57.0 Å². The number of sulfonamides is 1. The molecule has 4 rings (SSSR count). The van der Waals surface area contributed by atoms with Crippen molar-refractivity contribution in [3.05, 3.63) is 57.6 Å². The summed E-state index contributed by atoms with van der Waals surface area (Å²) >= 11 is 12.7. The van der Waals surface area contributed by atoms with Crippen molar-refractivity contribution in [2.24, 2.45) is 0 Å². The maximum Gasteiger partial charge on any atom is 0.231 e. The van der Waals surface area contributed by atoms with Gasteiger partial charge in [-0.2, -0.15) is 0 Å². The van der Waals surface area contributed by atoms with Crippen LogP contribution in [-0.2, 0) is 16.4 Å². The second-order valence-corrected chi connectivity index (χ2v) is 10.8. The molecular weight excluding hydrogens is 447 g/mol. The number of aliphatic hydroxyl groups is 1. The highest BCUT2D eigenvalue weighted by Crippen LogP contribution is 2.43. The first-order chi connectivity index (χ1) is 14.1. The average molecular weight is 471 g/mol. The Hall–Kier alpha value is -1.51. The maximum atomic E-state index is 11.8. The second-order valence-electron chi connectivity index (χ2n) is 7.93. The van der Waals surface area contributed by atoms with Gasteiger partial charge in [-0.1, -0.05) is 23.2 Å². The predicted octanol–water partition coefficient (Wildman–Crippen LogP) is 3.50. The lowest BCUT2D eigenvalue weighted by atomic mass is 10.1. The van der Waals surface area contributed by atoms with Gasteiger partial charge in [0.25, 0.3) is 0 Å². The van der Waals surface area contributed by atoms with Crippen molar-refractivity contribution in [1.82, 2.24) is 4.90 Å².